The molecule has 0 aliphatic carbocycles. The first-order valence-electron chi connectivity index (χ1n) is 9.74. The molecule has 8 heteroatoms. The molecule has 1 unspecified atom stereocenters. The molecule has 1 aromatic carbocycles. The lowest BCUT2D eigenvalue weighted by Gasteiger charge is -2.31. The number of carbonyl (C=O) groups excluding carboxylic acids is 2. The Labute approximate surface area is 170 Å². The number of nitrogens with zero attached hydrogens (tertiary/aromatic N) is 3. The summed E-state index contributed by atoms with van der Waals surface area (Å²) in [5.74, 6) is 0.166. The highest BCUT2D eigenvalue weighted by Crippen LogP contribution is 2.29. The van der Waals surface area contributed by atoms with Gasteiger partial charge in [-0.3, -0.25) is 9.59 Å². The molecule has 29 heavy (non-hydrogen) atoms. The first kappa shape index (κ1) is 21.0. The van der Waals surface area contributed by atoms with Crippen LogP contribution in [-0.4, -0.2) is 51.4 Å². The number of hydrogen-bond acceptors (Lipinski definition) is 6. The second-order valence-corrected chi connectivity index (χ2v) is 8.82. The van der Waals surface area contributed by atoms with Crippen LogP contribution in [0.4, 0.5) is 0 Å². The molecule has 3 atom stereocenters. The van der Waals surface area contributed by atoms with E-state index >= 15 is 0 Å². The van der Waals surface area contributed by atoms with Gasteiger partial charge in [-0.1, -0.05) is 32.4 Å². The van der Waals surface area contributed by atoms with Crippen LogP contribution < -0.4 is 16.2 Å². The van der Waals surface area contributed by atoms with Crippen molar-refractivity contribution in [3.05, 3.63) is 29.6 Å². The fraction of sp³-hybridized carbons (Fsp3) is 0.524. The van der Waals surface area contributed by atoms with E-state index in [2.05, 4.69) is 9.97 Å². The minimum atomic E-state index is -0.753. The van der Waals surface area contributed by atoms with Crippen molar-refractivity contribution in [1.29, 1.82) is 0 Å². The number of primary amides is 1. The zero-order chi connectivity index (χ0) is 21.5. The van der Waals surface area contributed by atoms with Gasteiger partial charge in [0.2, 0.25) is 17.7 Å². The quantitative estimate of drug-likeness (QED) is 0.802. The second-order valence-electron chi connectivity index (χ2n) is 8.82. The van der Waals surface area contributed by atoms with Crippen molar-refractivity contribution < 1.29 is 14.3 Å². The van der Waals surface area contributed by atoms with Crippen LogP contribution in [0.5, 0.6) is 5.88 Å². The van der Waals surface area contributed by atoms with Gasteiger partial charge in [0, 0.05) is 6.42 Å². The van der Waals surface area contributed by atoms with Gasteiger partial charge in [0.1, 0.15) is 18.0 Å². The average molecular weight is 399 g/mol. The normalized spacial score (nSPS) is 20.7. The van der Waals surface area contributed by atoms with E-state index in [9.17, 15) is 9.59 Å². The molecular formula is C21H29N5O3. The Morgan fingerprint density at radius 2 is 1.93 bits per heavy atom. The Kier molecular flexibility index (Phi) is 5.49. The third-order valence-electron chi connectivity index (χ3n) is 5.28. The Bertz CT molecular complexity index is 953. The van der Waals surface area contributed by atoms with E-state index in [1.54, 1.807) is 6.92 Å². The maximum absolute atomic E-state index is 12.9. The van der Waals surface area contributed by atoms with E-state index in [0.717, 1.165) is 16.5 Å². The summed E-state index contributed by atoms with van der Waals surface area (Å²) in [7, 11) is 0. The molecule has 156 valence electrons. The maximum atomic E-state index is 12.9. The van der Waals surface area contributed by atoms with Gasteiger partial charge in [0.25, 0.3) is 0 Å². The van der Waals surface area contributed by atoms with Crippen LogP contribution in [0.3, 0.4) is 0 Å². The number of amides is 2. The zero-order valence-corrected chi connectivity index (χ0v) is 17.6. The smallest absolute Gasteiger partial charge is 0.240 e. The Morgan fingerprint density at radius 3 is 2.55 bits per heavy atom. The molecule has 1 aliphatic rings. The first-order chi connectivity index (χ1) is 13.5. The predicted molar refractivity (Wildman–Crippen MR) is 110 cm³/mol. The SMILES string of the molecule is Cc1ccc2nc(C)nc(O[C@@H]3CC(C(N)=O)N(C(=O)[C@@H](N)C(C)(C)C)C3)c2c1. The number of likely N-dealkylation sites (tertiary alicyclic amines) is 1. The van der Waals surface area contributed by atoms with E-state index in [1.165, 1.54) is 4.90 Å². The lowest BCUT2D eigenvalue weighted by molar-refractivity contribution is -0.140. The van der Waals surface area contributed by atoms with Crippen molar-refractivity contribution in [3.63, 3.8) is 0 Å². The Balaban J connectivity index is 1.88. The number of carbonyl (C=O) groups is 2. The number of rotatable bonds is 4. The van der Waals surface area contributed by atoms with Gasteiger partial charge in [-0.25, -0.2) is 4.98 Å². The Morgan fingerprint density at radius 1 is 1.24 bits per heavy atom. The highest BCUT2D eigenvalue weighted by atomic mass is 16.5. The van der Waals surface area contributed by atoms with E-state index in [4.69, 9.17) is 16.2 Å². The Hall–Kier alpha value is -2.74. The van der Waals surface area contributed by atoms with Crippen LogP contribution in [0.15, 0.2) is 18.2 Å². The van der Waals surface area contributed by atoms with Gasteiger partial charge in [0.05, 0.1) is 23.5 Å². The van der Waals surface area contributed by atoms with E-state index in [-0.39, 0.29) is 12.5 Å². The molecule has 1 saturated heterocycles. The molecule has 2 amide bonds. The van der Waals surface area contributed by atoms with E-state index in [1.807, 2.05) is 45.9 Å². The molecule has 4 N–H and O–H groups in total. The lowest BCUT2D eigenvalue weighted by atomic mass is 9.86. The number of aryl methyl sites for hydroxylation is 2. The minimum Gasteiger partial charge on any atom is -0.472 e. The summed E-state index contributed by atoms with van der Waals surface area (Å²) in [6, 6.07) is 4.37. The molecule has 1 fully saturated rings. The molecule has 8 nitrogen and oxygen atoms in total. The highest BCUT2D eigenvalue weighted by molar-refractivity contribution is 5.90. The minimum absolute atomic E-state index is 0.229. The fourth-order valence-corrected chi connectivity index (χ4v) is 3.52. The summed E-state index contributed by atoms with van der Waals surface area (Å²) in [6.07, 6.45) is -0.115. The van der Waals surface area contributed by atoms with Crippen molar-refractivity contribution >= 4 is 22.7 Å². The highest BCUT2D eigenvalue weighted by Gasteiger charge is 2.43. The molecule has 0 radical (unpaired) electrons. The van der Waals surface area contributed by atoms with Crippen molar-refractivity contribution in [2.45, 2.75) is 59.2 Å². The largest absolute Gasteiger partial charge is 0.472 e. The molecular weight excluding hydrogens is 370 g/mol. The van der Waals surface area contributed by atoms with Gasteiger partial charge in [-0.2, -0.15) is 4.98 Å². The summed E-state index contributed by atoms with van der Waals surface area (Å²) in [4.78, 5) is 35.3. The molecule has 1 aromatic heterocycles. The summed E-state index contributed by atoms with van der Waals surface area (Å²) in [5, 5.41) is 0.794. The molecule has 0 saturated carbocycles. The van der Waals surface area contributed by atoms with Crippen LogP contribution in [0.1, 0.15) is 38.6 Å². The van der Waals surface area contributed by atoms with Gasteiger partial charge >= 0.3 is 0 Å². The van der Waals surface area contributed by atoms with E-state index < -0.39 is 29.5 Å². The van der Waals surface area contributed by atoms with Gasteiger partial charge in [-0.05, 0) is 31.4 Å². The molecule has 0 spiro atoms. The van der Waals surface area contributed by atoms with Crippen LogP contribution in [0.25, 0.3) is 10.9 Å². The topological polar surface area (TPSA) is 124 Å². The second kappa shape index (κ2) is 7.59. The third-order valence-corrected chi connectivity index (χ3v) is 5.28. The van der Waals surface area contributed by atoms with Crippen molar-refractivity contribution in [1.82, 2.24) is 14.9 Å². The number of nitrogens with two attached hydrogens (primary N) is 2. The van der Waals surface area contributed by atoms with Crippen LogP contribution in [0, 0.1) is 19.3 Å². The molecule has 2 aromatic rings. The number of benzene rings is 1. The van der Waals surface area contributed by atoms with Crippen LogP contribution in [-0.2, 0) is 9.59 Å². The number of aromatic nitrogens is 2. The first-order valence-corrected chi connectivity index (χ1v) is 9.74. The summed E-state index contributed by atoms with van der Waals surface area (Å²) in [6.45, 7) is 9.67. The summed E-state index contributed by atoms with van der Waals surface area (Å²) in [5.41, 5.74) is 13.1. The molecule has 1 aliphatic heterocycles. The van der Waals surface area contributed by atoms with Gasteiger partial charge in [0.15, 0.2) is 0 Å². The van der Waals surface area contributed by atoms with Gasteiger partial charge in [-0.15, -0.1) is 0 Å². The van der Waals surface area contributed by atoms with Gasteiger partial charge < -0.3 is 21.1 Å². The fourth-order valence-electron chi connectivity index (χ4n) is 3.52. The van der Waals surface area contributed by atoms with Crippen molar-refractivity contribution in [2.24, 2.45) is 16.9 Å². The van der Waals surface area contributed by atoms with Crippen LogP contribution >= 0.6 is 0 Å². The van der Waals surface area contributed by atoms with E-state index in [0.29, 0.717) is 18.1 Å². The number of hydrogen-bond donors (Lipinski definition) is 2. The number of fused-ring (bicyclic) bond motifs is 1. The number of ether oxygens (including phenoxy) is 1. The third kappa shape index (κ3) is 4.32. The standard InChI is InChI=1S/C21H29N5O3/c1-11-6-7-15-14(8-11)19(25-12(2)24-15)29-13-9-16(18(23)27)26(10-13)20(28)17(22)21(3,4)5/h6-8,13,16-17H,9-10,22H2,1-5H3,(H2,23,27)/t13-,16?,17-/m1/s1. The van der Waals surface area contributed by atoms with Crippen molar-refractivity contribution in [3.8, 4) is 5.88 Å². The summed E-state index contributed by atoms with van der Waals surface area (Å²) < 4.78 is 6.16. The maximum Gasteiger partial charge on any atom is 0.240 e. The van der Waals surface area contributed by atoms with Crippen LogP contribution in [0.2, 0.25) is 0 Å². The molecule has 0 bridgehead atoms. The lowest BCUT2D eigenvalue weighted by Crippen LogP contribution is -2.54. The summed E-state index contributed by atoms with van der Waals surface area (Å²) >= 11 is 0. The zero-order valence-electron chi connectivity index (χ0n) is 17.6. The van der Waals surface area contributed by atoms with Crippen molar-refractivity contribution in [2.75, 3.05) is 6.54 Å². The molecule has 3 rings (SSSR count). The molecule has 2 heterocycles. The average Bonchev–Trinajstić information content (AvgIpc) is 3.04. The monoisotopic (exact) mass is 399 g/mol. The predicted octanol–water partition coefficient (Wildman–Crippen LogP) is 1.45.